The highest BCUT2D eigenvalue weighted by atomic mass is 16.5. The molecule has 448 valence electrons. The first-order chi connectivity index (χ1) is 37.1. The third kappa shape index (κ3) is 46.3. The van der Waals surface area contributed by atoms with Crippen molar-refractivity contribution >= 4 is 47.5 Å². The minimum Gasteiger partial charge on any atom is -0.481 e. The molecular formula is C59H109N5O13. The second-order valence-corrected chi connectivity index (χ2v) is 21.3. The molecule has 0 aliphatic heterocycles. The molecular weight excluding hydrogens is 987 g/mol. The molecule has 0 spiro atoms. The van der Waals surface area contributed by atoms with Gasteiger partial charge in [-0.15, -0.1) is 0 Å². The molecule has 18 nitrogen and oxygen atoms in total. The summed E-state index contributed by atoms with van der Waals surface area (Å²) in [5.41, 5.74) is 5.58. The number of aliphatic carboxylic acids is 2. The fourth-order valence-electron chi connectivity index (χ4n) is 9.22. The molecule has 18 heteroatoms. The molecule has 0 bridgehead atoms. The molecule has 0 rings (SSSR count). The Bertz CT molecular complexity index is 1570. The molecule has 77 heavy (non-hydrogen) atoms. The molecule has 0 aliphatic rings. The minimum absolute atomic E-state index is 0.0120. The van der Waals surface area contributed by atoms with E-state index in [9.17, 15) is 53.7 Å². The predicted molar refractivity (Wildman–Crippen MR) is 302 cm³/mol. The van der Waals surface area contributed by atoms with E-state index in [1.807, 2.05) is 0 Å². The number of esters is 2. The van der Waals surface area contributed by atoms with Gasteiger partial charge >= 0.3 is 23.9 Å². The Balaban J connectivity index is 5.94. The van der Waals surface area contributed by atoms with Crippen LogP contribution in [0.3, 0.4) is 0 Å². The Morgan fingerprint density at radius 2 is 0.896 bits per heavy atom. The van der Waals surface area contributed by atoms with Gasteiger partial charge in [0.25, 0.3) is 0 Å². The lowest BCUT2D eigenvalue weighted by Crippen LogP contribution is -2.51. The summed E-state index contributed by atoms with van der Waals surface area (Å²) in [6.07, 6.45) is 29.7. The largest absolute Gasteiger partial charge is 0.481 e. The van der Waals surface area contributed by atoms with Gasteiger partial charge in [-0.25, -0.2) is 4.79 Å². The number of carbonyl (C=O) groups excluding carboxylic acids is 6. The molecule has 0 aromatic rings. The SMILES string of the molecule is CCCCCCCCCCCC(=O)O[C@H](CCCCCCCCCCC)CC(=O)N[C@H](CC(=O)N[C@@H](CC(=O)O)C(=O)O)C(=O)NCCC[C@H](COC(=O)CCCCCN)NC(=O)C[C@H](O)CCCCCCCCCCC. The van der Waals surface area contributed by atoms with Gasteiger partial charge in [-0.3, -0.25) is 33.6 Å². The molecule has 5 atom stereocenters. The fraction of sp³-hybridized carbons (Fsp3) is 0.864. The van der Waals surface area contributed by atoms with Crippen LogP contribution in [-0.2, 0) is 47.8 Å². The maximum absolute atomic E-state index is 13.8. The van der Waals surface area contributed by atoms with E-state index in [4.69, 9.17) is 15.2 Å². The van der Waals surface area contributed by atoms with Crippen molar-refractivity contribution in [1.82, 2.24) is 21.3 Å². The molecule has 9 N–H and O–H groups in total. The van der Waals surface area contributed by atoms with Crippen molar-refractivity contribution in [3.8, 4) is 0 Å². The van der Waals surface area contributed by atoms with Crippen molar-refractivity contribution in [2.24, 2.45) is 5.73 Å². The van der Waals surface area contributed by atoms with Gasteiger partial charge < -0.3 is 51.8 Å². The Labute approximate surface area is 463 Å². The molecule has 4 amide bonds. The summed E-state index contributed by atoms with van der Waals surface area (Å²) in [4.78, 5) is 103. The van der Waals surface area contributed by atoms with Crippen LogP contribution >= 0.6 is 0 Å². The number of nitrogens with one attached hydrogen (secondary N) is 4. The normalized spacial score (nSPS) is 13.2. The number of nitrogens with two attached hydrogens (primary N) is 1. The fourth-order valence-corrected chi connectivity index (χ4v) is 9.22. The first-order valence-corrected chi connectivity index (χ1v) is 30.5. The van der Waals surface area contributed by atoms with E-state index < -0.39 is 90.7 Å². The first kappa shape index (κ1) is 72.7. The van der Waals surface area contributed by atoms with Gasteiger partial charge in [-0.2, -0.15) is 0 Å². The van der Waals surface area contributed by atoms with E-state index in [0.717, 1.165) is 83.5 Å². The number of hydrogen-bond acceptors (Lipinski definition) is 12. The van der Waals surface area contributed by atoms with E-state index in [2.05, 4.69) is 42.0 Å². The molecule has 0 aromatic carbocycles. The summed E-state index contributed by atoms with van der Waals surface area (Å²) in [6.45, 7) is 6.92. The van der Waals surface area contributed by atoms with Crippen LogP contribution in [0.25, 0.3) is 0 Å². The summed E-state index contributed by atoms with van der Waals surface area (Å²) < 4.78 is 11.4. The van der Waals surface area contributed by atoms with E-state index in [-0.39, 0.29) is 51.7 Å². The Hall–Kier alpha value is -4.32. The Morgan fingerprint density at radius 1 is 0.455 bits per heavy atom. The number of carboxylic acid groups (broad SMARTS) is 2. The number of rotatable bonds is 55. The highest BCUT2D eigenvalue weighted by Gasteiger charge is 2.30. The van der Waals surface area contributed by atoms with Crippen molar-refractivity contribution in [2.45, 2.75) is 308 Å². The summed E-state index contributed by atoms with van der Waals surface area (Å²) in [5.74, 6) is -6.79. The van der Waals surface area contributed by atoms with Gasteiger partial charge in [0.2, 0.25) is 23.6 Å². The van der Waals surface area contributed by atoms with Crippen molar-refractivity contribution in [1.29, 1.82) is 0 Å². The van der Waals surface area contributed by atoms with Crippen LogP contribution in [-0.4, -0.2) is 113 Å². The lowest BCUT2D eigenvalue weighted by atomic mass is 10.0. The van der Waals surface area contributed by atoms with Gasteiger partial charge in [0.15, 0.2) is 0 Å². The molecule has 0 aliphatic carbocycles. The highest BCUT2D eigenvalue weighted by Crippen LogP contribution is 2.18. The molecule has 0 fully saturated rings. The van der Waals surface area contributed by atoms with Gasteiger partial charge in [0.1, 0.15) is 24.8 Å². The van der Waals surface area contributed by atoms with Gasteiger partial charge in [0.05, 0.1) is 37.8 Å². The van der Waals surface area contributed by atoms with Crippen LogP contribution in [0.5, 0.6) is 0 Å². The van der Waals surface area contributed by atoms with Crippen LogP contribution in [0.15, 0.2) is 0 Å². The first-order valence-electron chi connectivity index (χ1n) is 30.5. The monoisotopic (exact) mass is 1100 g/mol. The smallest absolute Gasteiger partial charge is 0.326 e. The van der Waals surface area contributed by atoms with Crippen molar-refractivity contribution in [3.63, 3.8) is 0 Å². The zero-order valence-electron chi connectivity index (χ0n) is 48.3. The Morgan fingerprint density at radius 3 is 1.40 bits per heavy atom. The molecule has 0 aromatic heterocycles. The number of carbonyl (C=O) groups is 8. The second kappa shape index (κ2) is 51.1. The number of amides is 4. The number of ether oxygens (including phenoxy) is 2. The average Bonchev–Trinajstić information content (AvgIpc) is 3.38. The van der Waals surface area contributed by atoms with Crippen LogP contribution in [0.4, 0.5) is 0 Å². The number of unbranched alkanes of at least 4 members (excludes halogenated alkanes) is 26. The van der Waals surface area contributed by atoms with Crippen LogP contribution in [0, 0.1) is 0 Å². The van der Waals surface area contributed by atoms with E-state index >= 15 is 0 Å². The molecule has 0 radical (unpaired) electrons. The summed E-state index contributed by atoms with van der Waals surface area (Å²) >= 11 is 0. The zero-order valence-corrected chi connectivity index (χ0v) is 48.3. The molecule has 0 saturated carbocycles. The van der Waals surface area contributed by atoms with Gasteiger partial charge in [-0.1, -0.05) is 188 Å². The lowest BCUT2D eigenvalue weighted by Gasteiger charge is -2.23. The topological polar surface area (TPSA) is 290 Å². The Kier molecular flexibility index (Phi) is 48.3. The summed E-state index contributed by atoms with van der Waals surface area (Å²) in [6, 6.07) is -3.99. The van der Waals surface area contributed by atoms with Gasteiger partial charge in [0, 0.05) is 19.4 Å². The van der Waals surface area contributed by atoms with Crippen LogP contribution in [0.1, 0.15) is 278 Å². The predicted octanol–water partition coefficient (Wildman–Crippen LogP) is 10.2. The van der Waals surface area contributed by atoms with Crippen LogP contribution in [0.2, 0.25) is 0 Å². The maximum Gasteiger partial charge on any atom is 0.326 e. The molecule has 0 saturated heterocycles. The quantitative estimate of drug-likeness (QED) is 0.0208. The number of hydrogen-bond donors (Lipinski definition) is 8. The van der Waals surface area contributed by atoms with E-state index in [0.29, 0.717) is 38.6 Å². The van der Waals surface area contributed by atoms with Crippen molar-refractivity contribution in [2.75, 3.05) is 19.7 Å². The van der Waals surface area contributed by atoms with Crippen molar-refractivity contribution < 1.29 is 63.1 Å². The second-order valence-electron chi connectivity index (χ2n) is 21.3. The highest BCUT2D eigenvalue weighted by molar-refractivity contribution is 5.93. The third-order valence-corrected chi connectivity index (χ3v) is 13.9. The average molecular weight is 1100 g/mol. The lowest BCUT2D eigenvalue weighted by molar-refractivity contribution is -0.151. The summed E-state index contributed by atoms with van der Waals surface area (Å²) in [5, 5.41) is 39.8. The third-order valence-electron chi connectivity index (χ3n) is 13.9. The van der Waals surface area contributed by atoms with E-state index in [1.165, 1.54) is 89.9 Å². The number of aliphatic hydroxyl groups excluding tert-OH is 1. The summed E-state index contributed by atoms with van der Waals surface area (Å²) in [7, 11) is 0. The van der Waals surface area contributed by atoms with Gasteiger partial charge in [-0.05, 0) is 57.9 Å². The number of aliphatic hydroxyl groups is 1. The maximum atomic E-state index is 13.8. The molecule has 0 heterocycles. The standard InChI is InChI=1S/C59H109N5O13/c1-4-7-10-13-16-19-22-25-29-36-48(65)42-52(66)62-47(46-76-56(71)38-32-28-33-40-60)35-34-41-61-58(73)50(44-54(68)64-51(59(74)75)45-55(69)70)63-53(67)43-49(37-30-26-23-20-17-14-11-8-5-2)77-57(72)39-31-27-24-21-18-15-12-9-6-3/h47-51,65H,4-46,60H2,1-3H3,(H,61,73)(H,62,66)(H,63,67)(H,64,68)(H,69,70)(H,74,75)/t47-,48-,49-,50-,51+/m1/s1. The minimum atomic E-state index is -1.80. The molecule has 0 unspecified atom stereocenters. The van der Waals surface area contributed by atoms with Crippen molar-refractivity contribution in [3.05, 3.63) is 0 Å². The van der Waals surface area contributed by atoms with E-state index in [1.54, 1.807) is 0 Å². The number of carboxylic acids is 2. The van der Waals surface area contributed by atoms with Crippen LogP contribution < -0.4 is 27.0 Å². The zero-order chi connectivity index (χ0) is 57.2.